The maximum Gasteiger partial charge on any atom is 0.377 e. The van der Waals surface area contributed by atoms with Crippen LogP contribution in [0.4, 0.5) is 0 Å². The molecule has 1 N–H and O–H groups in total. The molecule has 0 saturated heterocycles. The molecule has 3 unspecified atom stereocenters. The molecule has 114 valence electrons. The third-order valence-electron chi connectivity index (χ3n) is 4.82. The fourth-order valence-electron chi connectivity index (χ4n) is 3.70. The van der Waals surface area contributed by atoms with E-state index in [-0.39, 0.29) is 5.92 Å². The standard InChI is InChI=1S/C18H24O3/c1-11(2)13-9-8-12(3)10-16(13)14-6-4-5-7-15(14)17(19)18(20)21/h4-7,11-13,16H,8-10H2,1-3H3,(H,20,21). The van der Waals surface area contributed by atoms with Crippen molar-refractivity contribution >= 4 is 11.8 Å². The first-order valence-electron chi connectivity index (χ1n) is 7.78. The Morgan fingerprint density at radius 2 is 1.86 bits per heavy atom. The van der Waals surface area contributed by atoms with Crippen LogP contribution in [0.1, 0.15) is 61.9 Å². The largest absolute Gasteiger partial charge is 0.475 e. The average molecular weight is 288 g/mol. The van der Waals surface area contributed by atoms with Gasteiger partial charge in [0.2, 0.25) is 0 Å². The van der Waals surface area contributed by atoms with Crippen LogP contribution in [0.2, 0.25) is 0 Å². The van der Waals surface area contributed by atoms with Gasteiger partial charge in [-0.05, 0) is 42.1 Å². The van der Waals surface area contributed by atoms with Crippen molar-refractivity contribution in [2.45, 2.75) is 46.0 Å². The van der Waals surface area contributed by atoms with Crippen LogP contribution in [0.25, 0.3) is 0 Å². The summed E-state index contributed by atoms with van der Waals surface area (Å²) in [5.74, 6) is -0.190. The number of aliphatic carboxylic acids is 1. The van der Waals surface area contributed by atoms with Crippen molar-refractivity contribution in [1.29, 1.82) is 0 Å². The normalized spacial score (nSPS) is 25.8. The first kappa shape index (κ1) is 15.7. The lowest BCUT2D eigenvalue weighted by Crippen LogP contribution is -2.28. The van der Waals surface area contributed by atoms with Crippen LogP contribution in [0.3, 0.4) is 0 Å². The van der Waals surface area contributed by atoms with Gasteiger partial charge in [0.15, 0.2) is 0 Å². The minimum atomic E-state index is -1.37. The number of carbonyl (C=O) groups excluding carboxylic acids is 1. The van der Waals surface area contributed by atoms with E-state index in [1.54, 1.807) is 12.1 Å². The lowest BCUT2D eigenvalue weighted by Gasteiger charge is -2.38. The zero-order valence-electron chi connectivity index (χ0n) is 13.0. The van der Waals surface area contributed by atoms with E-state index in [9.17, 15) is 9.59 Å². The van der Waals surface area contributed by atoms with E-state index >= 15 is 0 Å². The molecule has 0 spiro atoms. The Morgan fingerprint density at radius 3 is 2.48 bits per heavy atom. The lowest BCUT2D eigenvalue weighted by atomic mass is 9.66. The van der Waals surface area contributed by atoms with E-state index < -0.39 is 11.8 Å². The number of rotatable bonds is 4. The van der Waals surface area contributed by atoms with Gasteiger partial charge in [-0.25, -0.2) is 4.79 Å². The summed E-state index contributed by atoms with van der Waals surface area (Å²) in [6.07, 6.45) is 3.40. The molecule has 3 atom stereocenters. The van der Waals surface area contributed by atoms with E-state index in [1.165, 1.54) is 6.42 Å². The topological polar surface area (TPSA) is 54.4 Å². The maximum absolute atomic E-state index is 12.0. The van der Waals surface area contributed by atoms with Gasteiger partial charge in [-0.1, -0.05) is 51.5 Å². The monoisotopic (exact) mass is 288 g/mol. The van der Waals surface area contributed by atoms with E-state index in [0.29, 0.717) is 23.3 Å². The maximum atomic E-state index is 12.0. The predicted octanol–water partition coefficient (Wildman–Crippen LogP) is 4.13. The summed E-state index contributed by atoms with van der Waals surface area (Å²) in [6.45, 7) is 6.68. The Balaban J connectivity index is 2.43. The van der Waals surface area contributed by atoms with Gasteiger partial charge in [0.05, 0.1) is 0 Å². The van der Waals surface area contributed by atoms with Crippen LogP contribution in [-0.2, 0) is 4.79 Å². The van der Waals surface area contributed by atoms with Crippen molar-refractivity contribution in [3.63, 3.8) is 0 Å². The number of carbonyl (C=O) groups is 2. The van der Waals surface area contributed by atoms with Crippen molar-refractivity contribution in [1.82, 2.24) is 0 Å². The highest BCUT2D eigenvalue weighted by atomic mass is 16.4. The molecule has 0 heterocycles. The zero-order valence-corrected chi connectivity index (χ0v) is 13.0. The Hall–Kier alpha value is -1.64. The molecule has 1 aliphatic rings. The quantitative estimate of drug-likeness (QED) is 0.669. The molecular weight excluding hydrogens is 264 g/mol. The molecule has 2 rings (SSSR count). The summed E-state index contributed by atoms with van der Waals surface area (Å²) in [5, 5.41) is 9.04. The molecule has 0 amide bonds. The number of benzene rings is 1. The third-order valence-corrected chi connectivity index (χ3v) is 4.82. The highest BCUT2D eigenvalue weighted by Gasteiger charge is 2.34. The summed E-state index contributed by atoms with van der Waals surface area (Å²) < 4.78 is 0. The molecule has 3 nitrogen and oxygen atoms in total. The SMILES string of the molecule is CC1CCC(C(C)C)C(c2ccccc2C(=O)C(=O)O)C1. The fourth-order valence-corrected chi connectivity index (χ4v) is 3.70. The molecule has 1 saturated carbocycles. The van der Waals surface area contributed by atoms with Crippen LogP contribution >= 0.6 is 0 Å². The molecule has 0 aliphatic heterocycles. The summed E-state index contributed by atoms with van der Waals surface area (Å²) in [5.41, 5.74) is 1.30. The molecule has 1 aliphatic carbocycles. The first-order valence-corrected chi connectivity index (χ1v) is 7.78. The van der Waals surface area contributed by atoms with Crippen molar-refractivity contribution in [2.75, 3.05) is 0 Å². The summed E-state index contributed by atoms with van der Waals surface area (Å²) in [6, 6.07) is 7.25. The van der Waals surface area contributed by atoms with Crippen LogP contribution in [-0.4, -0.2) is 16.9 Å². The van der Waals surface area contributed by atoms with Crippen molar-refractivity contribution in [3.8, 4) is 0 Å². The summed E-state index contributed by atoms with van der Waals surface area (Å²) in [7, 11) is 0. The number of carboxylic acid groups (broad SMARTS) is 1. The Bertz CT molecular complexity index is 533. The van der Waals surface area contributed by atoms with Gasteiger partial charge in [-0.3, -0.25) is 4.79 Å². The minimum absolute atomic E-state index is 0.285. The Labute approximate surface area is 126 Å². The third kappa shape index (κ3) is 3.34. The summed E-state index contributed by atoms with van der Waals surface area (Å²) in [4.78, 5) is 23.0. The van der Waals surface area contributed by atoms with Crippen LogP contribution in [0.5, 0.6) is 0 Å². The first-order chi connectivity index (χ1) is 9.91. The molecule has 1 fully saturated rings. The van der Waals surface area contributed by atoms with Crippen LogP contribution < -0.4 is 0 Å². The minimum Gasteiger partial charge on any atom is -0.475 e. The summed E-state index contributed by atoms with van der Waals surface area (Å²) >= 11 is 0. The highest BCUT2D eigenvalue weighted by Crippen LogP contribution is 2.44. The molecule has 1 aromatic rings. The lowest BCUT2D eigenvalue weighted by molar-refractivity contribution is -0.131. The van der Waals surface area contributed by atoms with Gasteiger partial charge in [0.1, 0.15) is 0 Å². The second kappa shape index (κ2) is 6.42. The molecule has 3 heteroatoms. The van der Waals surface area contributed by atoms with E-state index in [2.05, 4.69) is 20.8 Å². The van der Waals surface area contributed by atoms with Crippen molar-refractivity contribution < 1.29 is 14.7 Å². The van der Waals surface area contributed by atoms with Crippen LogP contribution in [0.15, 0.2) is 24.3 Å². The van der Waals surface area contributed by atoms with Crippen molar-refractivity contribution in [2.24, 2.45) is 17.8 Å². The number of hydrogen-bond donors (Lipinski definition) is 1. The molecule has 0 aromatic heterocycles. The molecule has 0 bridgehead atoms. The fraction of sp³-hybridized carbons (Fsp3) is 0.556. The van der Waals surface area contributed by atoms with Gasteiger partial charge >= 0.3 is 5.97 Å². The number of hydrogen-bond acceptors (Lipinski definition) is 2. The van der Waals surface area contributed by atoms with Gasteiger partial charge in [0.25, 0.3) is 5.78 Å². The highest BCUT2D eigenvalue weighted by molar-refractivity contribution is 6.40. The molecule has 0 radical (unpaired) electrons. The number of ketones is 1. The van der Waals surface area contributed by atoms with E-state index in [4.69, 9.17) is 5.11 Å². The average Bonchev–Trinajstić information content (AvgIpc) is 2.46. The van der Waals surface area contributed by atoms with Gasteiger partial charge in [0, 0.05) is 5.56 Å². The van der Waals surface area contributed by atoms with E-state index in [1.807, 2.05) is 12.1 Å². The van der Waals surface area contributed by atoms with Gasteiger partial charge in [-0.2, -0.15) is 0 Å². The Kier molecular flexibility index (Phi) is 4.81. The smallest absolute Gasteiger partial charge is 0.377 e. The number of carboxylic acids is 1. The van der Waals surface area contributed by atoms with Gasteiger partial charge in [-0.15, -0.1) is 0 Å². The van der Waals surface area contributed by atoms with E-state index in [0.717, 1.165) is 18.4 Å². The second-order valence-corrected chi connectivity index (χ2v) is 6.65. The molecular formula is C18H24O3. The molecule has 21 heavy (non-hydrogen) atoms. The Morgan fingerprint density at radius 1 is 1.19 bits per heavy atom. The predicted molar refractivity (Wildman–Crippen MR) is 82.5 cm³/mol. The zero-order chi connectivity index (χ0) is 15.6. The number of Topliss-reactive ketones (excluding diaryl/α,β-unsaturated/α-hetero) is 1. The second-order valence-electron chi connectivity index (χ2n) is 6.65. The van der Waals surface area contributed by atoms with Gasteiger partial charge < -0.3 is 5.11 Å². The molecule has 1 aromatic carbocycles. The van der Waals surface area contributed by atoms with Crippen LogP contribution in [0, 0.1) is 17.8 Å². The van der Waals surface area contributed by atoms with Crippen molar-refractivity contribution in [3.05, 3.63) is 35.4 Å².